The van der Waals surface area contributed by atoms with E-state index in [1.807, 2.05) is 52.0 Å². The number of carbonyl (C=O) groups is 1. The molecule has 0 saturated heterocycles. The second-order valence-corrected chi connectivity index (χ2v) is 5.60. The molecule has 0 aliphatic carbocycles. The molecule has 0 N–H and O–H groups in total. The van der Waals surface area contributed by atoms with Crippen molar-refractivity contribution in [2.75, 3.05) is 11.9 Å². The van der Waals surface area contributed by atoms with E-state index in [0.717, 1.165) is 22.8 Å². The van der Waals surface area contributed by atoms with Gasteiger partial charge in [0.1, 0.15) is 11.5 Å². The molecular weight excluding hydrogens is 278 g/mol. The molecule has 0 spiro atoms. The Morgan fingerprint density at radius 2 is 1.91 bits per heavy atom. The van der Waals surface area contributed by atoms with Crippen molar-refractivity contribution in [3.63, 3.8) is 0 Å². The third-order valence-corrected chi connectivity index (χ3v) is 3.49. The van der Waals surface area contributed by atoms with Crippen LogP contribution in [0.3, 0.4) is 0 Å². The zero-order chi connectivity index (χ0) is 16.3. The highest BCUT2D eigenvalue weighted by atomic mass is 16.5. The number of nitrogens with zero attached hydrogens (tertiary/aromatic N) is 1. The maximum atomic E-state index is 12.7. The zero-order valence-corrected chi connectivity index (χ0v) is 13.8. The van der Waals surface area contributed by atoms with Crippen LogP contribution in [0.1, 0.15) is 42.5 Å². The van der Waals surface area contributed by atoms with Gasteiger partial charge in [-0.25, -0.2) is 0 Å². The van der Waals surface area contributed by atoms with Gasteiger partial charge in [-0.15, -0.1) is 0 Å². The molecule has 2 rings (SSSR count). The predicted octanol–water partition coefficient (Wildman–Crippen LogP) is 4.21. The summed E-state index contributed by atoms with van der Waals surface area (Å²) in [4.78, 5) is 14.3. The smallest absolute Gasteiger partial charge is 0.261 e. The molecule has 118 valence electrons. The molecule has 4 nitrogen and oxygen atoms in total. The summed E-state index contributed by atoms with van der Waals surface area (Å²) in [6, 6.07) is 7.53. The van der Waals surface area contributed by atoms with Crippen LogP contribution in [0.2, 0.25) is 0 Å². The minimum Gasteiger partial charge on any atom is -0.491 e. The van der Waals surface area contributed by atoms with Gasteiger partial charge in [-0.2, -0.15) is 0 Å². The predicted molar refractivity (Wildman–Crippen MR) is 87.8 cm³/mol. The lowest BCUT2D eigenvalue weighted by atomic mass is 10.1. The highest BCUT2D eigenvalue weighted by Crippen LogP contribution is 2.24. The molecular formula is C18H23NO3. The van der Waals surface area contributed by atoms with Gasteiger partial charge >= 0.3 is 0 Å². The molecule has 0 aliphatic heterocycles. The van der Waals surface area contributed by atoms with Crippen molar-refractivity contribution < 1.29 is 13.9 Å². The van der Waals surface area contributed by atoms with Gasteiger partial charge in [-0.3, -0.25) is 4.79 Å². The van der Waals surface area contributed by atoms with Crippen molar-refractivity contribution in [3.05, 3.63) is 47.4 Å². The van der Waals surface area contributed by atoms with E-state index >= 15 is 0 Å². The van der Waals surface area contributed by atoms with Gasteiger partial charge in [0.2, 0.25) is 0 Å². The van der Waals surface area contributed by atoms with E-state index in [-0.39, 0.29) is 12.0 Å². The number of ether oxygens (including phenoxy) is 1. The number of benzene rings is 1. The first-order valence-electron chi connectivity index (χ1n) is 7.55. The molecule has 1 aromatic carbocycles. The Hall–Kier alpha value is -2.23. The lowest BCUT2D eigenvalue weighted by molar-refractivity contribution is 0.0990. The third kappa shape index (κ3) is 3.32. The van der Waals surface area contributed by atoms with Gasteiger partial charge in [0.25, 0.3) is 5.91 Å². The van der Waals surface area contributed by atoms with Crippen molar-refractivity contribution in [1.29, 1.82) is 0 Å². The van der Waals surface area contributed by atoms with Crippen molar-refractivity contribution in [2.24, 2.45) is 0 Å². The lowest BCUT2D eigenvalue weighted by Crippen LogP contribution is -2.27. The molecule has 4 heteroatoms. The molecule has 0 saturated carbocycles. The van der Waals surface area contributed by atoms with E-state index < -0.39 is 0 Å². The summed E-state index contributed by atoms with van der Waals surface area (Å²) in [7, 11) is 1.77. The minimum atomic E-state index is -0.0550. The molecule has 1 aromatic heterocycles. The number of hydrogen-bond donors (Lipinski definition) is 0. The summed E-state index contributed by atoms with van der Waals surface area (Å²) < 4.78 is 11.1. The SMILES string of the molecule is CCc1occ(C)c1C(=O)N(C)c1ccc(OC(C)C)cc1. The van der Waals surface area contributed by atoms with Gasteiger partial charge < -0.3 is 14.1 Å². The Morgan fingerprint density at radius 3 is 2.45 bits per heavy atom. The molecule has 0 radical (unpaired) electrons. The standard InChI is InChI=1S/C18H23NO3/c1-6-16-17(13(4)11-21-16)18(20)19(5)14-7-9-15(10-8-14)22-12(2)3/h7-12H,6H2,1-5H3. The Kier molecular flexibility index (Phi) is 4.91. The first kappa shape index (κ1) is 16.1. The first-order chi connectivity index (χ1) is 10.4. The van der Waals surface area contributed by atoms with Gasteiger partial charge in [0, 0.05) is 24.7 Å². The molecule has 0 atom stereocenters. The Bertz CT molecular complexity index is 641. The second kappa shape index (κ2) is 6.69. The maximum Gasteiger partial charge on any atom is 0.261 e. The maximum absolute atomic E-state index is 12.7. The van der Waals surface area contributed by atoms with Crippen LogP contribution < -0.4 is 9.64 Å². The number of furan rings is 1. The molecule has 0 aliphatic rings. The van der Waals surface area contributed by atoms with Crippen LogP contribution in [0.25, 0.3) is 0 Å². The second-order valence-electron chi connectivity index (χ2n) is 5.60. The van der Waals surface area contributed by atoms with Gasteiger partial charge in [0.15, 0.2) is 0 Å². The van der Waals surface area contributed by atoms with E-state index in [0.29, 0.717) is 12.0 Å². The zero-order valence-electron chi connectivity index (χ0n) is 13.8. The number of anilines is 1. The topological polar surface area (TPSA) is 42.7 Å². The summed E-state index contributed by atoms with van der Waals surface area (Å²) in [5.41, 5.74) is 2.35. The monoisotopic (exact) mass is 301 g/mol. The van der Waals surface area contributed by atoms with Gasteiger partial charge in [0.05, 0.1) is 17.9 Å². The van der Waals surface area contributed by atoms with Crippen LogP contribution in [-0.4, -0.2) is 19.1 Å². The average molecular weight is 301 g/mol. The third-order valence-electron chi connectivity index (χ3n) is 3.49. The minimum absolute atomic E-state index is 0.0550. The van der Waals surface area contributed by atoms with Crippen LogP contribution in [0.4, 0.5) is 5.69 Å². The van der Waals surface area contributed by atoms with E-state index in [9.17, 15) is 4.79 Å². The number of aryl methyl sites for hydroxylation is 2. The molecule has 1 amide bonds. The van der Waals surface area contributed by atoms with Gasteiger partial charge in [-0.05, 0) is 45.0 Å². The number of amides is 1. The summed E-state index contributed by atoms with van der Waals surface area (Å²) >= 11 is 0. The molecule has 0 fully saturated rings. The Labute approximate surface area is 131 Å². The summed E-state index contributed by atoms with van der Waals surface area (Å²) in [5, 5.41) is 0. The van der Waals surface area contributed by atoms with Crippen LogP contribution in [0, 0.1) is 6.92 Å². The largest absolute Gasteiger partial charge is 0.491 e. The Morgan fingerprint density at radius 1 is 1.27 bits per heavy atom. The van der Waals surface area contributed by atoms with Crippen LogP contribution >= 0.6 is 0 Å². The van der Waals surface area contributed by atoms with E-state index in [2.05, 4.69) is 0 Å². The van der Waals surface area contributed by atoms with Crippen molar-refractivity contribution in [3.8, 4) is 5.75 Å². The van der Waals surface area contributed by atoms with E-state index in [4.69, 9.17) is 9.15 Å². The molecule has 0 unspecified atom stereocenters. The fourth-order valence-electron chi connectivity index (χ4n) is 2.35. The van der Waals surface area contributed by atoms with Crippen molar-refractivity contribution in [2.45, 2.75) is 40.2 Å². The fourth-order valence-corrected chi connectivity index (χ4v) is 2.35. The molecule has 1 heterocycles. The number of rotatable bonds is 5. The van der Waals surface area contributed by atoms with E-state index in [1.165, 1.54) is 0 Å². The Balaban J connectivity index is 2.22. The fraction of sp³-hybridized carbons (Fsp3) is 0.389. The lowest BCUT2D eigenvalue weighted by Gasteiger charge is -2.18. The van der Waals surface area contributed by atoms with Crippen LogP contribution in [0.5, 0.6) is 5.75 Å². The first-order valence-corrected chi connectivity index (χ1v) is 7.55. The quantitative estimate of drug-likeness (QED) is 0.830. The molecule has 22 heavy (non-hydrogen) atoms. The summed E-state index contributed by atoms with van der Waals surface area (Å²) in [6.45, 7) is 7.84. The van der Waals surface area contributed by atoms with Crippen molar-refractivity contribution >= 4 is 11.6 Å². The summed E-state index contributed by atoms with van der Waals surface area (Å²) in [5.74, 6) is 1.48. The van der Waals surface area contributed by atoms with Crippen LogP contribution in [0.15, 0.2) is 34.9 Å². The highest BCUT2D eigenvalue weighted by molar-refractivity contribution is 6.07. The average Bonchev–Trinajstić information content (AvgIpc) is 2.87. The molecule has 2 aromatic rings. The number of carbonyl (C=O) groups excluding carboxylic acids is 1. The van der Waals surface area contributed by atoms with Crippen LogP contribution in [-0.2, 0) is 6.42 Å². The van der Waals surface area contributed by atoms with Crippen molar-refractivity contribution in [1.82, 2.24) is 0 Å². The van der Waals surface area contributed by atoms with E-state index in [1.54, 1.807) is 18.2 Å². The number of hydrogen-bond acceptors (Lipinski definition) is 3. The van der Waals surface area contributed by atoms with Gasteiger partial charge in [-0.1, -0.05) is 6.92 Å². The molecule has 0 bridgehead atoms. The highest BCUT2D eigenvalue weighted by Gasteiger charge is 2.21. The normalized spacial score (nSPS) is 10.8. The summed E-state index contributed by atoms with van der Waals surface area (Å²) in [6.07, 6.45) is 2.47.